The summed E-state index contributed by atoms with van der Waals surface area (Å²) in [5.74, 6) is -3.42. The van der Waals surface area contributed by atoms with Gasteiger partial charge in [-0.05, 0) is 0 Å². The summed E-state index contributed by atoms with van der Waals surface area (Å²) < 4.78 is 54.3. The fourth-order valence-corrected chi connectivity index (χ4v) is 1.61. The van der Waals surface area contributed by atoms with E-state index in [1.165, 1.54) is 0 Å². The van der Waals surface area contributed by atoms with Crippen LogP contribution in [0.2, 0.25) is 19.6 Å². The molecule has 0 amide bonds. The lowest BCUT2D eigenvalue weighted by Gasteiger charge is -2.20. The zero-order chi connectivity index (χ0) is 13.1. The van der Waals surface area contributed by atoms with Gasteiger partial charge in [-0.25, -0.2) is 4.79 Å². The SMILES string of the molecule is COC(=O)/C(=C(/F)N[Si](C)(C)C)C(F)(F)F. The van der Waals surface area contributed by atoms with Crippen molar-refractivity contribution in [3.8, 4) is 0 Å². The molecule has 0 rings (SSSR count). The van der Waals surface area contributed by atoms with Gasteiger partial charge in [-0.15, -0.1) is 0 Å². The third-order valence-electron chi connectivity index (χ3n) is 1.38. The minimum atomic E-state index is -5.08. The maximum atomic E-state index is 13.3. The van der Waals surface area contributed by atoms with Crippen molar-refractivity contribution >= 4 is 14.2 Å². The van der Waals surface area contributed by atoms with Crippen LogP contribution in [0, 0.1) is 0 Å². The van der Waals surface area contributed by atoms with Gasteiger partial charge in [0.1, 0.15) is 8.24 Å². The molecule has 0 aliphatic carbocycles. The second kappa shape index (κ2) is 4.85. The van der Waals surface area contributed by atoms with Crippen LogP contribution >= 0.6 is 0 Å². The number of methoxy groups -OCH3 is 1. The number of carbonyl (C=O) groups is 1. The van der Waals surface area contributed by atoms with Crippen molar-refractivity contribution in [1.29, 1.82) is 0 Å². The Bertz CT molecular complexity index is 306. The minimum absolute atomic E-state index is 0.760. The van der Waals surface area contributed by atoms with Gasteiger partial charge in [0.05, 0.1) is 7.11 Å². The molecule has 0 aromatic rings. The van der Waals surface area contributed by atoms with Crippen LogP contribution in [0.15, 0.2) is 11.5 Å². The normalized spacial score (nSPS) is 14.2. The van der Waals surface area contributed by atoms with E-state index >= 15 is 0 Å². The first kappa shape index (κ1) is 14.9. The van der Waals surface area contributed by atoms with Gasteiger partial charge >= 0.3 is 12.1 Å². The molecule has 0 bridgehead atoms. The summed E-state index contributed by atoms with van der Waals surface area (Å²) in [6.45, 7) is 4.79. The summed E-state index contributed by atoms with van der Waals surface area (Å²) in [6.07, 6.45) is -5.08. The molecular formula is C8H13F4NO2Si. The molecule has 0 radical (unpaired) electrons. The molecule has 1 N–H and O–H groups in total. The molecule has 0 unspecified atom stereocenters. The predicted molar refractivity (Wildman–Crippen MR) is 52.7 cm³/mol. The molecule has 0 aliphatic heterocycles. The average molecular weight is 259 g/mol. The van der Waals surface area contributed by atoms with Gasteiger partial charge in [0, 0.05) is 0 Å². The molecule has 8 heteroatoms. The Hall–Kier alpha value is -1.05. The lowest BCUT2D eigenvalue weighted by Crippen LogP contribution is -2.41. The Balaban J connectivity index is 5.32. The fraction of sp³-hybridized carbons (Fsp3) is 0.625. The summed E-state index contributed by atoms with van der Waals surface area (Å²) in [4.78, 5) is 12.9. The van der Waals surface area contributed by atoms with Crippen LogP contribution in [-0.2, 0) is 9.53 Å². The Labute approximate surface area is 91.6 Å². The molecule has 0 aliphatic rings. The average Bonchev–Trinajstić information content (AvgIpc) is 1.97. The van der Waals surface area contributed by atoms with Crippen LogP contribution < -0.4 is 4.98 Å². The smallest absolute Gasteiger partial charge is 0.427 e. The third kappa shape index (κ3) is 4.64. The van der Waals surface area contributed by atoms with Gasteiger partial charge in [-0.2, -0.15) is 17.6 Å². The van der Waals surface area contributed by atoms with E-state index in [9.17, 15) is 22.4 Å². The minimum Gasteiger partial charge on any atom is -0.465 e. The molecular weight excluding hydrogens is 246 g/mol. The van der Waals surface area contributed by atoms with Crippen LogP contribution in [0.3, 0.4) is 0 Å². The Kier molecular flexibility index (Phi) is 4.53. The van der Waals surface area contributed by atoms with Crippen molar-refractivity contribution in [1.82, 2.24) is 4.98 Å². The van der Waals surface area contributed by atoms with Gasteiger partial charge in [0.2, 0.25) is 0 Å². The summed E-state index contributed by atoms with van der Waals surface area (Å²) in [5.41, 5.74) is -1.93. The monoisotopic (exact) mass is 259 g/mol. The number of alkyl halides is 3. The predicted octanol–water partition coefficient (Wildman–Crippen LogP) is 2.33. The van der Waals surface area contributed by atoms with E-state index in [-0.39, 0.29) is 0 Å². The first-order valence-electron chi connectivity index (χ1n) is 4.32. The molecule has 0 spiro atoms. The van der Waals surface area contributed by atoms with Crippen LogP contribution in [0.5, 0.6) is 0 Å². The van der Waals surface area contributed by atoms with Crippen molar-refractivity contribution < 1.29 is 27.1 Å². The molecule has 0 saturated carbocycles. The number of hydrogen-bond donors (Lipinski definition) is 1. The van der Waals surface area contributed by atoms with Crippen molar-refractivity contribution in [3.63, 3.8) is 0 Å². The number of ether oxygens (including phenoxy) is 1. The maximum Gasteiger partial charge on any atom is 0.427 e. The van der Waals surface area contributed by atoms with E-state index in [0.717, 1.165) is 7.11 Å². The third-order valence-corrected chi connectivity index (χ3v) is 2.35. The quantitative estimate of drug-likeness (QED) is 0.278. The number of nitrogens with one attached hydrogen (secondary N) is 1. The number of halogens is 4. The van der Waals surface area contributed by atoms with Crippen molar-refractivity contribution in [2.24, 2.45) is 0 Å². The molecule has 0 aromatic carbocycles. The van der Waals surface area contributed by atoms with E-state index < -0.39 is 31.9 Å². The topological polar surface area (TPSA) is 38.3 Å². The van der Waals surface area contributed by atoms with Gasteiger partial charge in [-0.1, -0.05) is 19.6 Å². The van der Waals surface area contributed by atoms with Crippen LogP contribution in [0.4, 0.5) is 17.6 Å². The Morgan fingerprint density at radius 1 is 1.25 bits per heavy atom. The standard InChI is InChI=1S/C8H13F4NO2Si/c1-15-7(14)5(8(10,11)12)6(9)13-16(2,3)4/h13H,1-4H3/b6-5+. The molecule has 3 nitrogen and oxygen atoms in total. The van der Waals surface area contributed by atoms with Crippen molar-refractivity contribution in [2.45, 2.75) is 25.8 Å². The molecule has 94 valence electrons. The second-order valence-corrected chi connectivity index (χ2v) is 8.80. The molecule has 0 fully saturated rings. The molecule has 0 saturated heterocycles. The number of hydrogen-bond acceptors (Lipinski definition) is 3. The van der Waals surface area contributed by atoms with E-state index in [0.29, 0.717) is 0 Å². The summed E-state index contributed by atoms with van der Waals surface area (Å²) in [6, 6.07) is 0. The highest BCUT2D eigenvalue weighted by Gasteiger charge is 2.43. The maximum absolute atomic E-state index is 13.3. The lowest BCUT2D eigenvalue weighted by atomic mass is 10.3. The summed E-state index contributed by atoms with van der Waals surface area (Å²) >= 11 is 0. The van der Waals surface area contributed by atoms with Crippen molar-refractivity contribution in [3.05, 3.63) is 11.5 Å². The highest BCUT2D eigenvalue weighted by molar-refractivity contribution is 6.74. The van der Waals surface area contributed by atoms with Crippen LogP contribution in [0.25, 0.3) is 0 Å². The zero-order valence-electron chi connectivity index (χ0n) is 9.33. The largest absolute Gasteiger partial charge is 0.465 e. The highest BCUT2D eigenvalue weighted by Crippen LogP contribution is 2.29. The summed E-state index contributed by atoms with van der Waals surface area (Å²) in [5, 5.41) is 0. The first-order valence-corrected chi connectivity index (χ1v) is 7.82. The van der Waals surface area contributed by atoms with Gasteiger partial charge in [-0.3, -0.25) is 0 Å². The van der Waals surface area contributed by atoms with Gasteiger partial charge < -0.3 is 9.72 Å². The number of esters is 1. The molecule has 0 aromatic heterocycles. The van der Waals surface area contributed by atoms with E-state index in [2.05, 4.69) is 9.72 Å². The van der Waals surface area contributed by atoms with E-state index in [4.69, 9.17) is 0 Å². The fourth-order valence-electron chi connectivity index (χ4n) is 0.824. The van der Waals surface area contributed by atoms with E-state index in [1.807, 2.05) is 0 Å². The number of rotatable bonds is 3. The molecule has 0 atom stereocenters. The lowest BCUT2D eigenvalue weighted by molar-refractivity contribution is -0.148. The Morgan fingerprint density at radius 3 is 1.94 bits per heavy atom. The molecule has 0 heterocycles. The van der Waals surface area contributed by atoms with Crippen LogP contribution in [0.1, 0.15) is 0 Å². The van der Waals surface area contributed by atoms with Crippen molar-refractivity contribution in [2.75, 3.05) is 7.11 Å². The van der Waals surface area contributed by atoms with Gasteiger partial charge in [0.25, 0.3) is 0 Å². The van der Waals surface area contributed by atoms with Gasteiger partial charge in [0.15, 0.2) is 11.5 Å². The summed E-state index contributed by atoms with van der Waals surface area (Å²) in [7, 11) is -1.55. The zero-order valence-corrected chi connectivity index (χ0v) is 10.3. The molecule has 16 heavy (non-hydrogen) atoms. The van der Waals surface area contributed by atoms with Crippen LogP contribution in [-0.4, -0.2) is 27.5 Å². The first-order chi connectivity index (χ1) is 6.99. The highest BCUT2D eigenvalue weighted by atomic mass is 28.3. The van der Waals surface area contributed by atoms with E-state index in [1.54, 1.807) is 19.6 Å². The second-order valence-electron chi connectivity index (χ2n) is 4.05. The number of carbonyl (C=O) groups excluding carboxylic acids is 1. The Morgan fingerprint density at radius 2 is 1.69 bits per heavy atom.